The molecule has 1 N–H and O–H groups in total. The van der Waals surface area contributed by atoms with Crippen molar-refractivity contribution in [1.82, 2.24) is 0 Å². The maximum Gasteiger partial charge on any atom is 0.288 e. The zero-order valence-corrected chi connectivity index (χ0v) is 15.2. The number of carbonyl (C=O) groups is 1. The second kappa shape index (κ2) is 10.7. The van der Waals surface area contributed by atoms with Crippen molar-refractivity contribution in [1.29, 1.82) is 0 Å². The third kappa shape index (κ3) is 6.55. The number of alkyl halides is 2. The lowest BCUT2D eigenvalue weighted by Crippen LogP contribution is -2.13. The predicted octanol–water partition coefficient (Wildman–Crippen LogP) is 5.20. The summed E-state index contributed by atoms with van der Waals surface area (Å²) in [7, 11) is 0. The molecule has 7 heteroatoms. The Balaban J connectivity index is 1.80. The van der Waals surface area contributed by atoms with Crippen LogP contribution in [0.5, 0.6) is 11.5 Å². The number of nitrogens with one attached hydrogen (secondary N) is 1. The van der Waals surface area contributed by atoms with Crippen molar-refractivity contribution in [2.75, 3.05) is 18.5 Å². The van der Waals surface area contributed by atoms with Crippen molar-refractivity contribution in [3.8, 4) is 11.5 Å². The van der Waals surface area contributed by atoms with Crippen LogP contribution < -0.4 is 14.8 Å². The molecule has 0 atom stereocenters. The molecule has 4 nitrogen and oxygen atoms in total. The fraction of sp³-hybridized carbons (Fsp3) is 0.316. The van der Waals surface area contributed by atoms with Crippen LogP contribution in [0, 0.1) is 0 Å². The molecular weight excluding hydrogens is 360 g/mol. The number of para-hydroxylation sites is 3. The van der Waals surface area contributed by atoms with Gasteiger partial charge >= 0.3 is 0 Å². The van der Waals surface area contributed by atoms with Gasteiger partial charge in [-0.25, -0.2) is 0 Å². The van der Waals surface area contributed by atoms with Crippen LogP contribution >= 0.6 is 11.8 Å². The van der Waals surface area contributed by atoms with Gasteiger partial charge in [0.25, 0.3) is 5.76 Å². The minimum Gasteiger partial charge on any atom is -0.490 e. The monoisotopic (exact) mass is 381 g/mol. The molecule has 0 bridgehead atoms. The number of hydrogen-bond acceptors (Lipinski definition) is 4. The minimum absolute atomic E-state index is 0.227. The third-order valence-electron chi connectivity index (χ3n) is 3.33. The van der Waals surface area contributed by atoms with Gasteiger partial charge in [0.15, 0.2) is 11.5 Å². The number of carbonyl (C=O) groups excluding carboxylic acids is 1. The van der Waals surface area contributed by atoms with E-state index < -0.39 is 5.76 Å². The van der Waals surface area contributed by atoms with Crippen LogP contribution in [0.15, 0.2) is 53.4 Å². The van der Waals surface area contributed by atoms with Gasteiger partial charge in [-0.15, -0.1) is 0 Å². The fourth-order valence-electron chi connectivity index (χ4n) is 2.24. The van der Waals surface area contributed by atoms with E-state index in [9.17, 15) is 13.6 Å². The first-order valence-electron chi connectivity index (χ1n) is 8.28. The maximum absolute atomic E-state index is 12.6. The van der Waals surface area contributed by atoms with E-state index in [1.165, 1.54) is 0 Å². The molecular formula is C19H21F2NO3S. The Hall–Kier alpha value is -2.28. The van der Waals surface area contributed by atoms with E-state index >= 15 is 0 Å². The molecule has 0 fully saturated rings. The van der Waals surface area contributed by atoms with Gasteiger partial charge in [-0.3, -0.25) is 4.79 Å². The lowest BCUT2D eigenvalue weighted by Gasteiger charge is -2.12. The van der Waals surface area contributed by atoms with Crippen molar-refractivity contribution in [2.45, 2.75) is 30.4 Å². The van der Waals surface area contributed by atoms with E-state index in [2.05, 4.69) is 5.32 Å². The SMILES string of the molecule is CCOc1ccccc1OCCCC(=O)Nc1ccccc1SC(F)F. The van der Waals surface area contributed by atoms with E-state index in [0.717, 1.165) is 0 Å². The lowest BCUT2D eigenvalue weighted by atomic mass is 10.2. The summed E-state index contributed by atoms with van der Waals surface area (Å²) < 4.78 is 36.2. The average molecular weight is 381 g/mol. The normalized spacial score (nSPS) is 10.6. The summed E-state index contributed by atoms with van der Waals surface area (Å²) in [6, 6.07) is 13.9. The molecule has 0 aliphatic heterocycles. The van der Waals surface area contributed by atoms with E-state index in [-0.39, 0.29) is 12.3 Å². The second-order valence-electron chi connectivity index (χ2n) is 5.25. The fourth-order valence-corrected chi connectivity index (χ4v) is 2.84. The molecule has 26 heavy (non-hydrogen) atoms. The number of ether oxygens (including phenoxy) is 2. The zero-order chi connectivity index (χ0) is 18.8. The summed E-state index contributed by atoms with van der Waals surface area (Å²) in [6.45, 7) is 2.79. The maximum atomic E-state index is 12.6. The Morgan fingerprint density at radius 1 is 1.08 bits per heavy atom. The van der Waals surface area contributed by atoms with Gasteiger partial charge in [0.2, 0.25) is 5.91 Å². The van der Waals surface area contributed by atoms with E-state index in [4.69, 9.17) is 9.47 Å². The number of rotatable bonds is 10. The average Bonchev–Trinajstić information content (AvgIpc) is 2.61. The number of amides is 1. The number of anilines is 1. The predicted molar refractivity (Wildman–Crippen MR) is 99.3 cm³/mol. The van der Waals surface area contributed by atoms with Crippen molar-refractivity contribution in [3.05, 3.63) is 48.5 Å². The highest BCUT2D eigenvalue weighted by molar-refractivity contribution is 7.99. The van der Waals surface area contributed by atoms with Crippen molar-refractivity contribution in [2.24, 2.45) is 0 Å². The molecule has 2 aromatic rings. The highest BCUT2D eigenvalue weighted by atomic mass is 32.2. The Bertz CT molecular complexity index is 713. The zero-order valence-electron chi connectivity index (χ0n) is 14.4. The smallest absolute Gasteiger partial charge is 0.288 e. The molecule has 0 radical (unpaired) electrons. The Labute approximate surface area is 155 Å². The molecule has 0 aromatic heterocycles. The lowest BCUT2D eigenvalue weighted by molar-refractivity contribution is -0.116. The summed E-state index contributed by atoms with van der Waals surface area (Å²) in [4.78, 5) is 12.4. The number of thioether (sulfide) groups is 1. The van der Waals surface area contributed by atoms with Crippen LogP contribution in [0.2, 0.25) is 0 Å². The van der Waals surface area contributed by atoms with Crippen molar-refractivity contribution in [3.63, 3.8) is 0 Å². The quantitative estimate of drug-likeness (QED) is 0.454. The van der Waals surface area contributed by atoms with Crippen LogP contribution in [0.1, 0.15) is 19.8 Å². The van der Waals surface area contributed by atoms with Crippen molar-refractivity contribution >= 4 is 23.4 Å². The molecule has 1 amide bonds. The van der Waals surface area contributed by atoms with Gasteiger partial charge < -0.3 is 14.8 Å². The van der Waals surface area contributed by atoms with Gasteiger partial charge in [0, 0.05) is 11.3 Å². The van der Waals surface area contributed by atoms with Crippen LogP contribution in [0.3, 0.4) is 0 Å². The van der Waals surface area contributed by atoms with Crippen LogP contribution in [-0.4, -0.2) is 24.9 Å². The molecule has 0 heterocycles. The molecule has 0 saturated carbocycles. The Kier molecular flexibility index (Phi) is 8.21. The number of benzene rings is 2. The summed E-state index contributed by atoms with van der Waals surface area (Å²) in [5.74, 6) is -1.48. The van der Waals surface area contributed by atoms with Crippen LogP contribution in [0.4, 0.5) is 14.5 Å². The van der Waals surface area contributed by atoms with Gasteiger partial charge in [0.1, 0.15) is 0 Å². The second-order valence-corrected chi connectivity index (χ2v) is 6.29. The molecule has 2 aromatic carbocycles. The van der Waals surface area contributed by atoms with Crippen LogP contribution in [0.25, 0.3) is 0 Å². The summed E-state index contributed by atoms with van der Waals surface area (Å²) >= 11 is 0.412. The Morgan fingerprint density at radius 3 is 2.42 bits per heavy atom. The Morgan fingerprint density at radius 2 is 1.73 bits per heavy atom. The molecule has 2 rings (SSSR count). The summed E-state index contributed by atoms with van der Waals surface area (Å²) in [5, 5.41) is 2.67. The van der Waals surface area contributed by atoms with Crippen LogP contribution in [-0.2, 0) is 4.79 Å². The van der Waals surface area contributed by atoms with E-state index in [1.807, 2.05) is 31.2 Å². The van der Waals surface area contributed by atoms with Crippen molar-refractivity contribution < 1.29 is 23.0 Å². The molecule has 0 aliphatic rings. The standard InChI is InChI=1S/C19H21F2NO3S/c1-2-24-15-9-4-5-10-16(15)25-13-7-12-18(23)22-14-8-3-6-11-17(14)26-19(20)21/h3-6,8-11,19H,2,7,12-13H2,1H3,(H,22,23). The molecule has 0 aliphatic carbocycles. The molecule has 0 saturated heterocycles. The van der Waals surface area contributed by atoms with E-state index in [1.54, 1.807) is 24.3 Å². The largest absolute Gasteiger partial charge is 0.490 e. The highest BCUT2D eigenvalue weighted by Crippen LogP contribution is 2.31. The third-order valence-corrected chi connectivity index (χ3v) is 4.12. The summed E-state index contributed by atoms with van der Waals surface area (Å²) in [5.41, 5.74) is 0.394. The van der Waals surface area contributed by atoms with Gasteiger partial charge in [-0.1, -0.05) is 36.0 Å². The highest BCUT2D eigenvalue weighted by Gasteiger charge is 2.12. The van der Waals surface area contributed by atoms with Gasteiger partial charge in [-0.2, -0.15) is 8.78 Å². The number of halogens is 2. The molecule has 140 valence electrons. The molecule has 0 spiro atoms. The number of hydrogen-bond donors (Lipinski definition) is 1. The van der Waals surface area contributed by atoms with Gasteiger partial charge in [-0.05, 0) is 37.6 Å². The first kappa shape index (κ1) is 20.0. The first-order chi connectivity index (χ1) is 12.6. The summed E-state index contributed by atoms with van der Waals surface area (Å²) in [6.07, 6.45) is 0.723. The molecule has 0 unspecified atom stereocenters. The topological polar surface area (TPSA) is 47.6 Å². The van der Waals surface area contributed by atoms with Gasteiger partial charge in [0.05, 0.1) is 18.9 Å². The minimum atomic E-state index is -2.54. The van der Waals surface area contributed by atoms with E-state index in [0.29, 0.717) is 53.5 Å². The first-order valence-corrected chi connectivity index (χ1v) is 9.16.